The van der Waals surface area contributed by atoms with Gasteiger partial charge in [0.15, 0.2) is 0 Å². The van der Waals surface area contributed by atoms with E-state index in [2.05, 4.69) is 0 Å². The highest BCUT2D eigenvalue weighted by atomic mass is 16.2. The molecule has 0 unspecified atom stereocenters. The van der Waals surface area contributed by atoms with Crippen LogP contribution in [0.4, 0.5) is 0 Å². The van der Waals surface area contributed by atoms with E-state index in [1.54, 1.807) is 0 Å². The Balaban J connectivity index is 2.17. The summed E-state index contributed by atoms with van der Waals surface area (Å²) >= 11 is 0. The number of hydrogen-bond donors (Lipinski definition) is 2. The molecule has 0 aromatic heterocycles. The molecule has 1 heterocycles. The molecule has 0 amide bonds. The van der Waals surface area contributed by atoms with Crippen LogP contribution >= 0.6 is 0 Å². The molecule has 0 spiro atoms. The average Bonchev–Trinajstić information content (AvgIpc) is 2.05. The van der Waals surface area contributed by atoms with Gasteiger partial charge in [0.25, 0.3) is 0 Å². The molecule has 10 heavy (non-hydrogen) atoms. The zero-order valence-electron chi connectivity index (χ0n) is 6.03. The van der Waals surface area contributed by atoms with Crippen LogP contribution in [0, 0.1) is 0 Å². The Morgan fingerprint density at radius 1 is 0.800 bits per heavy atom. The van der Waals surface area contributed by atoms with Crippen molar-refractivity contribution in [2.24, 2.45) is 0 Å². The summed E-state index contributed by atoms with van der Waals surface area (Å²) in [5, 5.41) is 17.4. The Hall–Kier alpha value is -0.0301. The van der Waals surface area contributed by atoms with E-state index in [1.165, 1.54) is 0 Å². The van der Waals surface area contributed by atoms with Gasteiger partial charge in [0, 0.05) is 26.2 Å². The van der Waals surface area contributed by atoms with Crippen molar-refractivity contribution in [1.82, 2.24) is 9.62 Å². The molecule has 4 nitrogen and oxygen atoms in total. The van der Waals surface area contributed by atoms with Gasteiger partial charge in [-0.1, -0.05) is 0 Å². The fourth-order valence-corrected chi connectivity index (χ4v) is 1.07. The highest BCUT2D eigenvalue weighted by molar-refractivity contribution is 6.22. The summed E-state index contributed by atoms with van der Waals surface area (Å²) in [4.78, 5) is 3.90. The van der Waals surface area contributed by atoms with Crippen molar-refractivity contribution in [3.8, 4) is 0 Å². The predicted molar refractivity (Wildman–Crippen MR) is 41.9 cm³/mol. The second-order valence-electron chi connectivity index (χ2n) is 2.52. The average molecular weight is 142 g/mol. The van der Waals surface area contributed by atoms with Crippen molar-refractivity contribution in [2.75, 3.05) is 26.2 Å². The van der Waals surface area contributed by atoms with E-state index in [0.29, 0.717) is 0 Å². The lowest BCUT2D eigenvalue weighted by atomic mass is 10.1. The van der Waals surface area contributed by atoms with Crippen molar-refractivity contribution >= 4 is 15.2 Å². The van der Waals surface area contributed by atoms with Crippen LogP contribution in [0.5, 0.6) is 0 Å². The summed E-state index contributed by atoms with van der Waals surface area (Å²) < 4.78 is 0. The Morgan fingerprint density at radius 2 is 1.10 bits per heavy atom. The molecule has 0 aromatic rings. The molecule has 1 aliphatic heterocycles. The first-order valence-corrected chi connectivity index (χ1v) is 3.53. The normalized spacial score (nSPS) is 22.6. The van der Waals surface area contributed by atoms with Crippen LogP contribution in [0.15, 0.2) is 0 Å². The summed E-state index contributed by atoms with van der Waals surface area (Å²) in [6.07, 6.45) is 0. The Bertz CT molecular complexity index is 85.3. The monoisotopic (exact) mass is 142 g/mol. The van der Waals surface area contributed by atoms with Crippen LogP contribution < -0.4 is 0 Å². The van der Waals surface area contributed by atoms with Gasteiger partial charge in [0.1, 0.15) is 0 Å². The molecule has 0 aromatic carbocycles. The molecule has 0 saturated carbocycles. The molecule has 56 valence electrons. The topological polar surface area (TPSA) is 46.9 Å². The van der Waals surface area contributed by atoms with E-state index >= 15 is 0 Å². The lowest BCUT2D eigenvalue weighted by Crippen LogP contribution is -2.48. The molecule has 0 radical (unpaired) electrons. The number of piperazine rings is 1. The smallest absolute Gasteiger partial charge is 0.360 e. The fraction of sp³-hybridized carbons (Fsp3) is 1.00. The van der Waals surface area contributed by atoms with E-state index < -0.39 is 0 Å². The first-order chi connectivity index (χ1) is 4.86. The van der Waals surface area contributed by atoms with Crippen molar-refractivity contribution in [1.29, 1.82) is 0 Å². The van der Waals surface area contributed by atoms with Crippen LogP contribution in [0.25, 0.3) is 0 Å². The first-order valence-electron chi connectivity index (χ1n) is 3.53. The number of hydrogen-bond acceptors (Lipinski definition) is 4. The van der Waals surface area contributed by atoms with Gasteiger partial charge >= 0.3 is 15.2 Å². The molecule has 1 fully saturated rings. The highest BCUT2D eigenvalue weighted by Gasteiger charge is 2.15. The summed E-state index contributed by atoms with van der Waals surface area (Å²) in [5.74, 6) is 0. The number of rotatable bonds is 2. The van der Waals surface area contributed by atoms with Gasteiger partial charge in [-0.15, -0.1) is 0 Å². The van der Waals surface area contributed by atoms with Crippen LogP contribution in [-0.4, -0.2) is 61.1 Å². The van der Waals surface area contributed by atoms with E-state index in [4.69, 9.17) is 10.0 Å². The molecule has 6 heteroatoms. The maximum Gasteiger partial charge on any atom is 0.360 e. The SMILES string of the molecule is OBN1CCN(BO)CC1. The molecular formula is C4H12B2N2O2. The maximum absolute atomic E-state index is 8.69. The summed E-state index contributed by atoms with van der Waals surface area (Å²) in [7, 11) is 0.276. The second-order valence-corrected chi connectivity index (χ2v) is 2.52. The van der Waals surface area contributed by atoms with Gasteiger partial charge in [-0.2, -0.15) is 0 Å². The molecule has 2 N–H and O–H groups in total. The van der Waals surface area contributed by atoms with Gasteiger partial charge in [0.05, 0.1) is 0 Å². The quantitative estimate of drug-likeness (QED) is 0.406. The van der Waals surface area contributed by atoms with Gasteiger partial charge in [-0.25, -0.2) is 0 Å². The minimum absolute atomic E-state index is 0.138. The molecule has 0 atom stereocenters. The van der Waals surface area contributed by atoms with Gasteiger partial charge in [-0.05, 0) is 0 Å². The van der Waals surface area contributed by atoms with Crippen LogP contribution in [-0.2, 0) is 0 Å². The Kier molecular flexibility index (Phi) is 3.21. The Morgan fingerprint density at radius 3 is 1.30 bits per heavy atom. The minimum atomic E-state index is 0.138. The molecule has 0 aliphatic carbocycles. The third-order valence-corrected chi connectivity index (χ3v) is 1.86. The summed E-state index contributed by atoms with van der Waals surface area (Å²) in [6.45, 7) is 3.43. The van der Waals surface area contributed by atoms with E-state index in [0.717, 1.165) is 26.2 Å². The van der Waals surface area contributed by atoms with Crippen molar-refractivity contribution in [3.05, 3.63) is 0 Å². The van der Waals surface area contributed by atoms with Crippen LogP contribution in [0.2, 0.25) is 0 Å². The maximum atomic E-state index is 8.69. The van der Waals surface area contributed by atoms with Crippen molar-refractivity contribution in [2.45, 2.75) is 0 Å². The second kappa shape index (κ2) is 3.98. The van der Waals surface area contributed by atoms with Crippen LogP contribution in [0.3, 0.4) is 0 Å². The molecule has 1 saturated heterocycles. The summed E-state index contributed by atoms with van der Waals surface area (Å²) in [5.41, 5.74) is 0. The zero-order valence-corrected chi connectivity index (χ0v) is 6.03. The van der Waals surface area contributed by atoms with E-state index in [1.807, 2.05) is 9.62 Å². The molecule has 0 bridgehead atoms. The van der Waals surface area contributed by atoms with Gasteiger partial charge < -0.3 is 19.7 Å². The zero-order chi connectivity index (χ0) is 7.40. The van der Waals surface area contributed by atoms with Gasteiger partial charge in [0.2, 0.25) is 0 Å². The lowest BCUT2D eigenvalue weighted by molar-refractivity contribution is 0.248. The molecule has 1 aliphatic rings. The third-order valence-electron chi connectivity index (χ3n) is 1.86. The third kappa shape index (κ3) is 1.98. The van der Waals surface area contributed by atoms with Crippen molar-refractivity contribution in [3.63, 3.8) is 0 Å². The molecule has 1 rings (SSSR count). The van der Waals surface area contributed by atoms with E-state index in [-0.39, 0.29) is 15.2 Å². The summed E-state index contributed by atoms with van der Waals surface area (Å²) in [6, 6.07) is 0. The van der Waals surface area contributed by atoms with Gasteiger partial charge in [-0.3, -0.25) is 0 Å². The predicted octanol–water partition coefficient (Wildman–Crippen LogP) is -2.88. The number of nitrogens with zero attached hydrogens (tertiary/aromatic N) is 2. The van der Waals surface area contributed by atoms with Crippen LogP contribution in [0.1, 0.15) is 0 Å². The Labute approximate surface area is 62.0 Å². The first kappa shape index (κ1) is 8.07. The fourth-order valence-electron chi connectivity index (χ4n) is 1.07. The molecular weight excluding hydrogens is 130 g/mol. The standard InChI is InChI=1S/C4H12B2N2O2/c9-5-7-1-2-8(6-10)4-3-7/h5-6,9-10H,1-4H2. The minimum Gasteiger partial charge on any atom is -0.440 e. The highest BCUT2D eigenvalue weighted by Crippen LogP contribution is 1.95. The lowest BCUT2D eigenvalue weighted by Gasteiger charge is -2.31. The largest absolute Gasteiger partial charge is 0.440 e. The van der Waals surface area contributed by atoms with E-state index in [9.17, 15) is 0 Å². The van der Waals surface area contributed by atoms with Crippen molar-refractivity contribution < 1.29 is 10.0 Å².